The minimum Gasteiger partial charge on any atom is -0.395 e. The van der Waals surface area contributed by atoms with Crippen molar-refractivity contribution in [1.82, 2.24) is 9.88 Å². The molecule has 0 fully saturated rings. The summed E-state index contributed by atoms with van der Waals surface area (Å²) in [5.41, 5.74) is 1.01. The van der Waals surface area contributed by atoms with Gasteiger partial charge < -0.3 is 10.4 Å². The van der Waals surface area contributed by atoms with Crippen LogP contribution in [-0.2, 0) is 6.54 Å². The van der Waals surface area contributed by atoms with E-state index in [2.05, 4.69) is 10.3 Å². The zero-order valence-electron chi connectivity index (χ0n) is 8.70. The van der Waals surface area contributed by atoms with Gasteiger partial charge in [0.2, 0.25) is 0 Å². The Balaban J connectivity index is 2.57. The molecule has 0 saturated carbocycles. The van der Waals surface area contributed by atoms with Crippen LogP contribution in [0.1, 0.15) is 5.69 Å². The van der Waals surface area contributed by atoms with E-state index in [4.69, 9.17) is 5.11 Å². The molecule has 1 heterocycles. The van der Waals surface area contributed by atoms with Gasteiger partial charge in [0.05, 0.1) is 12.3 Å². The molecule has 0 amide bonds. The average Bonchev–Trinajstić information content (AvgIpc) is 2.18. The van der Waals surface area contributed by atoms with Crippen LogP contribution in [0.3, 0.4) is 0 Å². The van der Waals surface area contributed by atoms with E-state index in [-0.39, 0.29) is 6.61 Å². The molecule has 2 N–H and O–H groups in total. The van der Waals surface area contributed by atoms with Gasteiger partial charge in [-0.05, 0) is 19.2 Å². The van der Waals surface area contributed by atoms with E-state index in [1.807, 2.05) is 37.2 Å². The van der Waals surface area contributed by atoms with Crippen molar-refractivity contribution in [3.63, 3.8) is 0 Å². The number of pyridine rings is 1. The van der Waals surface area contributed by atoms with Crippen molar-refractivity contribution < 1.29 is 5.11 Å². The summed E-state index contributed by atoms with van der Waals surface area (Å²) >= 11 is 0. The summed E-state index contributed by atoms with van der Waals surface area (Å²) < 4.78 is 0. The maximum Gasteiger partial charge on any atom is 0.126 e. The molecule has 0 aliphatic rings. The van der Waals surface area contributed by atoms with Crippen molar-refractivity contribution in [2.75, 3.05) is 32.6 Å². The maximum atomic E-state index is 8.74. The van der Waals surface area contributed by atoms with Crippen molar-refractivity contribution >= 4 is 5.82 Å². The van der Waals surface area contributed by atoms with Gasteiger partial charge in [-0.15, -0.1) is 0 Å². The normalized spacial score (nSPS) is 10.6. The Labute approximate surface area is 84.6 Å². The second kappa shape index (κ2) is 5.57. The predicted octanol–water partition coefficient (Wildman–Crippen LogP) is 0.547. The van der Waals surface area contributed by atoms with Gasteiger partial charge >= 0.3 is 0 Å². The van der Waals surface area contributed by atoms with Gasteiger partial charge in [0.25, 0.3) is 0 Å². The third kappa shape index (κ3) is 3.32. The van der Waals surface area contributed by atoms with Gasteiger partial charge in [0.1, 0.15) is 5.82 Å². The molecule has 0 aliphatic heterocycles. The van der Waals surface area contributed by atoms with Crippen LogP contribution in [0.5, 0.6) is 0 Å². The van der Waals surface area contributed by atoms with E-state index in [0.717, 1.165) is 18.1 Å². The van der Waals surface area contributed by atoms with Crippen molar-refractivity contribution in [1.29, 1.82) is 0 Å². The molecule has 0 aliphatic carbocycles. The second-order valence-electron chi connectivity index (χ2n) is 3.23. The van der Waals surface area contributed by atoms with Crippen LogP contribution < -0.4 is 5.32 Å². The second-order valence-corrected chi connectivity index (χ2v) is 3.23. The van der Waals surface area contributed by atoms with Crippen molar-refractivity contribution in [2.24, 2.45) is 0 Å². The lowest BCUT2D eigenvalue weighted by Gasteiger charge is -2.14. The van der Waals surface area contributed by atoms with Crippen molar-refractivity contribution in [2.45, 2.75) is 6.54 Å². The molecule has 4 heteroatoms. The third-order valence-corrected chi connectivity index (χ3v) is 1.98. The summed E-state index contributed by atoms with van der Waals surface area (Å²) in [6.07, 6.45) is 0. The lowest BCUT2D eigenvalue weighted by molar-refractivity contribution is 0.216. The molecular weight excluding hydrogens is 178 g/mol. The summed E-state index contributed by atoms with van der Waals surface area (Å²) in [5.74, 6) is 0.875. The Bertz CT molecular complexity index is 278. The summed E-state index contributed by atoms with van der Waals surface area (Å²) in [5, 5.41) is 11.7. The van der Waals surface area contributed by atoms with Gasteiger partial charge in [0, 0.05) is 20.1 Å². The third-order valence-electron chi connectivity index (χ3n) is 1.98. The number of rotatable bonds is 5. The highest BCUT2D eigenvalue weighted by atomic mass is 16.3. The summed E-state index contributed by atoms with van der Waals surface area (Å²) in [6, 6.07) is 5.88. The van der Waals surface area contributed by atoms with Gasteiger partial charge in [-0.1, -0.05) is 6.07 Å². The minimum atomic E-state index is 0.183. The van der Waals surface area contributed by atoms with E-state index in [1.165, 1.54) is 0 Å². The molecule has 0 saturated heterocycles. The largest absolute Gasteiger partial charge is 0.395 e. The first-order chi connectivity index (χ1) is 6.76. The fraction of sp³-hybridized carbons (Fsp3) is 0.500. The number of aliphatic hydroxyl groups is 1. The Hall–Kier alpha value is -1.13. The number of hydrogen-bond donors (Lipinski definition) is 2. The van der Waals surface area contributed by atoms with Crippen molar-refractivity contribution in [3.05, 3.63) is 23.9 Å². The molecule has 78 valence electrons. The number of anilines is 1. The lowest BCUT2D eigenvalue weighted by Crippen LogP contribution is -2.22. The highest BCUT2D eigenvalue weighted by Crippen LogP contribution is 2.05. The van der Waals surface area contributed by atoms with Crippen LogP contribution in [-0.4, -0.2) is 42.2 Å². The Kier molecular flexibility index (Phi) is 4.35. The monoisotopic (exact) mass is 195 g/mol. The molecule has 1 rings (SSSR count). The van der Waals surface area contributed by atoms with Crippen LogP contribution in [0.15, 0.2) is 18.2 Å². The average molecular weight is 195 g/mol. The SMILES string of the molecule is CNc1cccc(CN(C)CCO)n1. The first kappa shape index (κ1) is 10.9. The number of aromatic nitrogens is 1. The van der Waals surface area contributed by atoms with Crippen molar-refractivity contribution in [3.8, 4) is 0 Å². The molecular formula is C10H17N3O. The molecule has 0 radical (unpaired) electrons. The fourth-order valence-corrected chi connectivity index (χ4v) is 1.23. The fourth-order valence-electron chi connectivity index (χ4n) is 1.23. The Morgan fingerprint density at radius 2 is 2.29 bits per heavy atom. The molecule has 1 aromatic rings. The van der Waals surface area contributed by atoms with Crippen LogP contribution >= 0.6 is 0 Å². The standard InChI is InChI=1S/C10H17N3O/c1-11-10-5-3-4-9(12-10)8-13(2)6-7-14/h3-5,14H,6-8H2,1-2H3,(H,11,12). The molecule has 14 heavy (non-hydrogen) atoms. The minimum absolute atomic E-state index is 0.183. The number of nitrogens with one attached hydrogen (secondary N) is 1. The molecule has 0 aromatic carbocycles. The zero-order valence-corrected chi connectivity index (χ0v) is 8.70. The molecule has 0 unspecified atom stereocenters. The predicted molar refractivity (Wildman–Crippen MR) is 57.2 cm³/mol. The smallest absolute Gasteiger partial charge is 0.126 e. The maximum absolute atomic E-state index is 8.74. The van der Waals surface area contributed by atoms with Gasteiger partial charge in [-0.25, -0.2) is 4.98 Å². The van der Waals surface area contributed by atoms with Crippen LogP contribution in [0.2, 0.25) is 0 Å². The summed E-state index contributed by atoms with van der Waals surface area (Å²) in [4.78, 5) is 6.41. The lowest BCUT2D eigenvalue weighted by atomic mass is 10.3. The quantitative estimate of drug-likeness (QED) is 0.720. The number of nitrogens with zero attached hydrogens (tertiary/aromatic N) is 2. The van der Waals surface area contributed by atoms with E-state index in [9.17, 15) is 0 Å². The zero-order chi connectivity index (χ0) is 10.4. The Morgan fingerprint density at radius 1 is 1.50 bits per heavy atom. The topological polar surface area (TPSA) is 48.4 Å². The molecule has 4 nitrogen and oxygen atoms in total. The molecule has 1 aromatic heterocycles. The van der Waals surface area contributed by atoms with E-state index < -0.39 is 0 Å². The molecule has 0 atom stereocenters. The summed E-state index contributed by atoms with van der Waals surface area (Å²) in [7, 11) is 3.81. The van der Waals surface area contributed by atoms with E-state index >= 15 is 0 Å². The van der Waals surface area contributed by atoms with Gasteiger partial charge in [-0.3, -0.25) is 4.90 Å². The van der Waals surface area contributed by atoms with E-state index in [1.54, 1.807) is 0 Å². The van der Waals surface area contributed by atoms with E-state index in [0.29, 0.717) is 6.54 Å². The van der Waals surface area contributed by atoms with Crippen LogP contribution in [0, 0.1) is 0 Å². The number of likely N-dealkylation sites (N-methyl/N-ethyl adjacent to an activating group) is 1. The molecule has 0 spiro atoms. The number of hydrogen-bond acceptors (Lipinski definition) is 4. The first-order valence-corrected chi connectivity index (χ1v) is 4.69. The van der Waals surface area contributed by atoms with Crippen LogP contribution in [0.25, 0.3) is 0 Å². The first-order valence-electron chi connectivity index (χ1n) is 4.69. The van der Waals surface area contributed by atoms with Gasteiger partial charge in [-0.2, -0.15) is 0 Å². The molecule has 0 bridgehead atoms. The highest BCUT2D eigenvalue weighted by molar-refractivity contribution is 5.34. The van der Waals surface area contributed by atoms with Crippen LogP contribution in [0.4, 0.5) is 5.82 Å². The summed E-state index contributed by atoms with van der Waals surface area (Å²) in [6.45, 7) is 1.61. The number of aliphatic hydroxyl groups excluding tert-OH is 1. The Morgan fingerprint density at radius 3 is 2.93 bits per heavy atom. The highest BCUT2D eigenvalue weighted by Gasteiger charge is 2.00. The van der Waals surface area contributed by atoms with Gasteiger partial charge in [0.15, 0.2) is 0 Å².